The predicted molar refractivity (Wildman–Crippen MR) is 87.3 cm³/mol. The van der Waals surface area contributed by atoms with Gasteiger partial charge in [0.05, 0.1) is 17.0 Å². The summed E-state index contributed by atoms with van der Waals surface area (Å²) in [7, 11) is 0. The molecular formula is C17H14F5NOS. The van der Waals surface area contributed by atoms with Crippen molar-refractivity contribution in [2.75, 3.05) is 11.1 Å². The van der Waals surface area contributed by atoms with Gasteiger partial charge >= 0.3 is 6.18 Å². The number of anilines is 1. The summed E-state index contributed by atoms with van der Waals surface area (Å²) in [5.41, 5.74) is -1.48. The average Bonchev–Trinajstić information content (AvgIpc) is 2.52. The van der Waals surface area contributed by atoms with Crippen molar-refractivity contribution in [1.82, 2.24) is 0 Å². The molecule has 0 aliphatic rings. The van der Waals surface area contributed by atoms with Gasteiger partial charge in [0, 0.05) is 10.8 Å². The molecular weight excluding hydrogens is 361 g/mol. The number of halogens is 5. The summed E-state index contributed by atoms with van der Waals surface area (Å²) in [4.78, 5) is 11.9. The van der Waals surface area contributed by atoms with Crippen molar-refractivity contribution in [2.24, 2.45) is 0 Å². The molecule has 2 rings (SSSR count). The highest BCUT2D eigenvalue weighted by Crippen LogP contribution is 2.35. The monoisotopic (exact) mass is 375 g/mol. The molecule has 2 nitrogen and oxygen atoms in total. The zero-order chi connectivity index (χ0) is 18.6. The van der Waals surface area contributed by atoms with Crippen molar-refractivity contribution in [3.05, 3.63) is 65.2 Å². The number of carbonyl (C=O) groups excluding carboxylic acids is 1. The maximum absolute atomic E-state index is 13.7. The summed E-state index contributed by atoms with van der Waals surface area (Å²) in [5, 5.41) is 1.51. The van der Waals surface area contributed by atoms with Gasteiger partial charge in [0.2, 0.25) is 5.91 Å². The fourth-order valence-electron chi connectivity index (χ4n) is 2.21. The Morgan fingerprint density at radius 1 is 1.08 bits per heavy atom. The van der Waals surface area contributed by atoms with Crippen LogP contribution < -0.4 is 5.32 Å². The third-order valence-corrected chi connectivity index (χ3v) is 4.54. The van der Waals surface area contributed by atoms with Crippen LogP contribution in [0.25, 0.3) is 0 Å². The Hall–Kier alpha value is -2.09. The Balaban J connectivity index is 2.03. The Kier molecular flexibility index (Phi) is 6.05. The van der Waals surface area contributed by atoms with Crippen molar-refractivity contribution in [3.63, 3.8) is 0 Å². The van der Waals surface area contributed by atoms with Crippen LogP contribution in [0.15, 0.2) is 42.5 Å². The summed E-state index contributed by atoms with van der Waals surface area (Å²) in [6, 6.07) is 8.04. The minimum atomic E-state index is -4.60. The van der Waals surface area contributed by atoms with Crippen molar-refractivity contribution >= 4 is 23.4 Å². The zero-order valence-corrected chi connectivity index (χ0v) is 13.8. The molecule has 0 saturated carbocycles. The number of para-hydroxylation sites is 1. The highest BCUT2D eigenvalue weighted by atomic mass is 32.2. The minimum Gasteiger partial charge on any atom is -0.325 e. The van der Waals surface area contributed by atoms with Gasteiger partial charge in [-0.3, -0.25) is 4.79 Å². The predicted octanol–water partition coefficient (Wildman–Crippen LogP) is 5.42. The van der Waals surface area contributed by atoms with Gasteiger partial charge in [-0.25, -0.2) is 8.78 Å². The standard InChI is InChI=1S/C17H14F5NOS/c1-10(16-12(18)6-4-7-13(16)19)25-9-15(24)23-14-8-3-2-5-11(14)17(20,21)22/h2-8,10H,9H2,1H3,(H,23,24). The lowest BCUT2D eigenvalue weighted by Gasteiger charge is -2.15. The summed E-state index contributed by atoms with van der Waals surface area (Å²) in [5.74, 6) is -2.41. The fourth-order valence-corrected chi connectivity index (χ4v) is 3.07. The Morgan fingerprint density at radius 3 is 2.28 bits per heavy atom. The molecule has 134 valence electrons. The van der Waals surface area contributed by atoms with Crippen LogP contribution in [0.1, 0.15) is 23.3 Å². The van der Waals surface area contributed by atoms with E-state index in [1.807, 2.05) is 0 Å². The lowest BCUT2D eigenvalue weighted by Crippen LogP contribution is -2.18. The number of benzene rings is 2. The number of nitrogens with one attached hydrogen (secondary N) is 1. The van der Waals surface area contributed by atoms with Crippen LogP contribution in [-0.4, -0.2) is 11.7 Å². The fraction of sp³-hybridized carbons (Fsp3) is 0.235. The third-order valence-electron chi connectivity index (χ3n) is 3.38. The molecule has 1 atom stereocenters. The lowest BCUT2D eigenvalue weighted by molar-refractivity contribution is -0.137. The van der Waals surface area contributed by atoms with Crippen molar-refractivity contribution in [3.8, 4) is 0 Å². The maximum atomic E-state index is 13.7. The molecule has 1 amide bonds. The van der Waals surface area contributed by atoms with Crippen LogP contribution >= 0.6 is 11.8 Å². The van der Waals surface area contributed by atoms with Gasteiger partial charge in [-0.05, 0) is 31.2 Å². The number of hydrogen-bond acceptors (Lipinski definition) is 2. The third kappa shape index (κ3) is 4.94. The van der Waals surface area contributed by atoms with Gasteiger partial charge in [0.15, 0.2) is 0 Å². The van der Waals surface area contributed by atoms with E-state index >= 15 is 0 Å². The lowest BCUT2D eigenvalue weighted by atomic mass is 10.1. The van der Waals surface area contributed by atoms with Gasteiger partial charge in [-0.1, -0.05) is 18.2 Å². The first-order chi connectivity index (χ1) is 11.7. The Labute approximate surface area is 145 Å². The molecule has 2 aromatic carbocycles. The van der Waals surface area contributed by atoms with E-state index in [-0.39, 0.29) is 17.0 Å². The largest absolute Gasteiger partial charge is 0.418 e. The summed E-state index contributed by atoms with van der Waals surface area (Å²) in [6.45, 7) is 1.52. The van der Waals surface area contributed by atoms with Gasteiger partial charge in [-0.2, -0.15) is 13.2 Å². The zero-order valence-electron chi connectivity index (χ0n) is 13.0. The number of hydrogen-bond donors (Lipinski definition) is 1. The summed E-state index contributed by atoms with van der Waals surface area (Å²) < 4.78 is 66.0. The Morgan fingerprint density at radius 2 is 1.68 bits per heavy atom. The molecule has 25 heavy (non-hydrogen) atoms. The van der Waals surface area contributed by atoms with Crippen LogP contribution in [0.5, 0.6) is 0 Å². The van der Waals surface area contributed by atoms with E-state index in [9.17, 15) is 26.7 Å². The second-order valence-electron chi connectivity index (χ2n) is 5.18. The van der Waals surface area contributed by atoms with Crippen molar-refractivity contribution in [1.29, 1.82) is 0 Å². The second kappa shape index (κ2) is 7.86. The summed E-state index contributed by atoms with van der Waals surface area (Å²) >= 11 is 0.925. The average molecular weight is 375 g/mol. The van der Waals surface area contributed by atoms with Gasteiger partial charge in [0.25, 0.3) is 0 Å². The highest BCUT2D eigenvalue weighted by Gasteiger charge is 2.33. The van der Waals surface area contributed by atoms with Crippen LogP contribution in [0.2, 0.25) is 0 Å². The van der Waals surface area contributed by atoms with Crippen molar-refractivity contribution < 1.29 is 26.7 Å². The van der Waals surface area contributed by atoms with E-state index in [0.29, 0.717) is 0 Å². The topological polar surface area (TPSA) is 29.1 Å². The molecule has 0 aliphatic carbocycles. The van der Waals surface area contributed by atoms with E-state index in [2.05, 4.69) is 5.32 Å². The molecule has 2 aromatic rings. The summed E-state index contributed by atoms with van der Waals surface area (Å²) in [6.07, 6.45) is -4.60. The number of carbonyl (C=O) groups is 1. The second-order valence-corrected chi connectivity index (χ2v) is 6.51. The van der Waals surface area contributed by atoms with E-state index in [0.717, 1.165) is 36.0 Å². The van der Waals surface area contributed by atoms with Gasteiger partial charge in [0.1, 0.15) is 11.6 Å². The number of rotatable bonds is 5. The van der Waals surface area contributed by atoms with E-state index < -0.39 is 34.5 Å². The molecule has 0 spiro atoms. The first-order valence-electron chi connectivity index (χ1n) is 7.21. The molecule has 8 heteroatoms. The molecule has 1 N–H and O–H groups in total. The highest BCUT2D eigenvalue weighted by molar-refractivity contribution is 8.00. The van der Waals surface area contributed by atoms with E-state index in [1.165, 1.54) is 25.1 Å². The Bertz CT molecular complexity index is 743. The minimum absolute atomic E-state index is 0.170. The van der Waals surface area contributed by atoms with Crippen LogP contribution in [0.3, 0.4) is 0 Å². The molecule has 0 aliphatic heterocycles. The van der Waals surface area contributed by atoms with Crippen LogP contribution in [0.4, 0.5) is 27.6 Å². The van der Waals surface area contributed by atoms with E-state index in [4.69, 9.17) is 0 Å². The first-order valence-corrected chi connectivity index (χ1v) is 8.26. The number of amides is 1. The van der Waals surface area contributed by atoms with Gasteiger partial charge < -0.3 is 5.32 Å². The molecule has 0 saturated heterocycles. The molecule has 0 bridgehead atoms. The molecule has 0 aromatic heterocycles. The quantitative estimate of drug-likeness (QED) is 0.708. The number of thioether (sulfide) groups is 1. The molecule has 0 fully saturated rings. The molecule has 1 unspecified atom stereocenters. The SMILES string of the molecule is CC(SCC(=O)Nc1ccccc1C(F)(F)F)c1c(F)cccc1F. The maximum Gasteiger partial charge on any atom is 0.418 e. The molecule has 0 heterocycles. The van der Waals surface area contributed by atoms with Crippen LogP contribution in [-0.2, 0) is 11.0 Å². The van der Waals surface area contributed by atoms with Crippen molar-refractivity contribution in [2.45, 2.75) is 18.3 Å². The molecule has 0 radical (unpaired) electrons. The first kappa shape index (κ1) is 19.2. The van der Waals surface area contributed by atoms with E-state index in [1.54, 1.807) is 0 Å². The smallest absolute Gasteiger partial charge is 0.325 e. The number of alkyl halides is 3. The van der Waals surface area contributed by atoms with Crippen LogP contribution in [0, 0.1) is 11.6 Å². The van der Waals surface area contributed by atoms with Gasteiger partial charge in [-0.15, -0.1) is 11.8 Å². The normalized spacial score (nSPS) is 12.7.